The number of hydrogen-bond acceptors (Lipinski definition) is 7. The summed E-state index contributed by atoms with van der Waals surface area (Å²) in [7, 11) is 0. The predicted molar refractivity (Wildman–Crippen MR) is 154 cm³/mol. The second-order valence-electron chi connectivity index (χ2n) is 12.4. The Morgan fingerprint density at radius 1 is 1.07 bits per heavy atom. The van der Waals surface area contributed by atoms with Crippen LogP contribution in [0.4, 0.5) is 10.2 Å². The fraction of sp³-hybridized carbons (Fsp3) is 0.516. The number of aryl methyl sites for hydroxylation is 1. The Kier molecular flexibility index (Phi) is 5.58. The van der Waals surface area contributed by atoms with E-state index in [0.717, 1.165) is 85.3 Å². The highest BCUT2D eigenvalue weighted by atomic mass is 19.1. The van der Waals surface area contributed by atoms with Gasteiger partial charge in [-0.05, 0) is 88.7 Å². The molecular weight excluding hydrogens is 505 g/mol. The zero-order chi connectivity index (χ0) is 27.0. The van der Waals surface area contributed by atoms with Gasteiger partial charge in [0.1, 0.15) is 23.6 Å². The zero-order valence-electron chi connectivity index (χ0n) is 23.3. The molecule has 3 aromatic heterocycles. The van der Waals surface area contributed by atoms with Gasteiger partial charge in [0.15, 0.2) is 5.82 Å². The summed E-state index contributed by atoms with van der Waals surface area (Å²) in [5.74, 6) is 0.318. The highest BCUT2D eigenvalue weighted by Gasteiger charge is 2.45. The van der Waals surface area contributed by atoms with Crippen LogP contribution in [0.3, 0.4) is 0 Å². The summed E-state index contributed by atoms with van der Waals surface area (Å²) >= 11 is 0. The van der Waals surface area contributed by atoms with Crippen molar-refractivity contribution in [1.29, 1.82) is 0 Å². The number of piperazine rings is 1. The molecule has 2 N–H and O–H groups in total. The number of rotatable bonds is 5. The van der Waals surface area contributed by atoms with E-state index in [1.165, 1.54) is 12.8 Å². The first-order valence-electron chi connectivity index (χ1n) is 14.8. The number of benzene rings is 1. The summed E-state index contributed by atoms with van der Waals surface area (Å²) in [5.41, 5.74) is 4.56. The Morgan fingerprint density at radius 3 is 2.62 bits per heavy atom. The molecule has 4 fully saturated rings. The Balaban J connectivity index is 1.26. The molecule has 8 rings (SSSR count). The third-order valence-electron chi connectivity index (χ3n) is 10.1. The highest BCUT2D eigenvalue weighted by molar-refractivity contribution is 6.00. The number of aromatic amines is 1. The Bertz CT molecular complexity index is 1610. The van der Waals surface area contributed by atoms with Gasteiger partial charge in [-0.2, -0.15) is 9.97 Å². The maximum atomic E-state index is 16.7. The topological polar surface area (TPSA) is 82.2 Å². The van der Waals surface area contributed by atoms with Crippen molar-refractivity contribution < 1.29 is 9.13 Å². The van der Waals surface area contributed by atoms with Crippen molar-refractivity contribution >= 4 is 27.6 Å². The number of ether oxygens (including phenoxy) is 1. The average molecular weight is 542 g/mol. The first-order valence-corrected chi connectivity index (χ1v) is 14.8. The molecule has 40 heavy (non-hydrogen) atoms. The molecule has 4 aromatic rings. The van der Waals surface area contributed by atoms with Gasteiger partial charge >= 0.3 is 6.01 Å². The summed E-state index contributed by atoms with van der Waals surface area (Å²) < 4.78 is 23.1. The van der Waals surface area contributed by atoms with E-state index in [-0.39, 0.29) is 17.1 Å². The van der Waals surface area contributed by atoms with Gasteiger partial charge < -0.3 is 19.9 Å². The molecule has 4 aliphatic rings. The number of pyridine rings is 1. The van der Waals surface area contributed by atoms with E-state index < -0.39 is 5.82 Å². The molecule has 2 bridgehead atoms. The van der Waals surface area contributed by atoms with Crippen LogP contribution in [0.25, 0.3) is 33.1 Å². The molecule has 2 atom stereocenters. The molecule has 0 radical (unpaired) electrons. The monoisotopic (exact) mass is 541 g/mol. The van der Waals surface area contributed by atoms with Crippen LogP contribution in [-0.2, 0) is 0 Å². The maximum Gasteiger partial charge on any atom is 0.319 e. The van der Waals surface area contributed by atoms with Gasteiger partial charge in [0.2, 0.25) is 0 Å². The van der Waals surface area contributed by atoms with E-state index in [4.69, 9.17) is 19.7 Å². The number of anilines is 1. The fourth-order valence-electron chi connectivity index (χ4n) is 7.88. The Labute approximate surface area is 233 Å². The maximum absolute atomic E-state index is 16.7. The zero-order valence-corrected chi connectivity index (χ0v) is 23.3. The van der Waals surface area contributed by atoms with Crippen LogP contribution < -0.4 is 15.0 Å². The van der Waals surface area contributed by atoms with E-state index in [9.17, 15) is 0 Å². The largest absolute Gasteiger partial charge is 0.461 e. The van der Waals surface area contributed by atoms with E-state index >= 15 is 4.39 Å². The minimum Gasteiger partial charge on any atom is -0.461 e. The van der Waals surface area contributed by atoms with Crippen molar-refractivity contribution in [2.75, 3.05) is 37.7 Å². The van der Waals surface area contributed by atoms with Crippen molar-refractivity contribution in [3.05, 3.63) is 41.5 Å². The van der Waals surface area contributed by atoms with Crippen LogP contribution in [0.5, 0.6) is 6.01 Å². The lowest BCUT2D eigenvalue weighted by molar-refractivity contribution is 0.108. The number of H-pyrrole nitrogens is 1. The van der Waals surface area contributed by atoms with Crippen molar-refractivity contribution in [3.63, 3.8) is 0 Å². The van der Waals surface area contributed by atoms with Gasteiger partial charge in [-0.15, -0.1) is 0 Å². The quantitative estimate of drug-likeness (QED) is 0.373. The van der Waals surface area contributed by atoms with Crippen LogP contribution in [0.1, 0.15) is 49.7 Å². The molecular formula is C31H36FN7O. The van der Waals surface area contributed by atoms with Crippen LogP contribution in [0.2, 0.25) is 0 Å². The van der Waals surface area contributed by atoms with E-state index in [1.807, 2.05) is 19.2 Å². The van der Waals surface area contributed by atoms with Crippen LogP contribution in [0.15, 0.2) is 24.5 Å². The number of halogens is 1. The minimum atomic E-state index is -0.415. The summed E-state index contributed by atoms with van der Waals surface area (Å²) in [6.45, 7) is 8.57. The van der Waals surface area contributed by atoms with Gasteiger partial charge in [0.05, 0.1) is 10.9 Å². The standard InChI is InChI=1S/C31H36FN7O/c1-18-13-24-22(7-10-33-24)25(19(18)2)28-26(32)27-23(14-34-28)29(38-15-20-5-6-21(16-38)35-20)37-30(36-27)40-17-31-8-3-11-39(31)12-4-9-31/h7,10,13-14,20-21,33,35H,3-6,8-9,11-12,15-17H2,1-2H3/t20-,21+. The lowest BCUT2D eigenvalue weighted by Gasteiger charge is -2.34. The van der Waals surface area contributed by atoms with Crippen molar-refractivity contribution in [1.82, 2.24) is 30.2 Å². The molecule has 7 heterocycles. The summed E-state index contributed by atoms with van der Waals surface area (Å²) in [6, 6.07) is 5.21. The molecule has 0 aliphatic carbocycles. The molecule has 4 aliphatic heterocycles. The molecule has 1 aromatic carbocycles. The van der Waals surface area contributed by atoms with Gasteiger partial charge in [0.25, 0.3) is 0 Å². The molecule has 4 saturated heterocycles. The Hall–Kier alpha value is -3.30. The summed E-state index contributed by atoms with van der Waals surface area (Å²) in [6.07, 6.45) is 10.6. The second-order valence-corrected chi connectivity index (χ2v) is 12.4. The number of fused-ring (bicyclic) bond motifs is 5. The van der Waals surface area contributed by atoms with Crippen LogP contribution in [0, 0.1) is 19.7 Å². The number of aromatic nitrogens is 4. The SMILES string of the molecule is Cc1cc2[nH]ccc2c(-c2ncc3c(N4C[C@H]5CC[C@@H](C4)N5)nc(OCC45CCCN4CCC5)nc3c2F)c1C. The fourth-order valence-corrected chi connectivity index (χ4v) is 7.88. The van der Waals surface area contributed by atoms with Gasteiger partial charge in [-0.3, -0.25) is 9.88 Å². The molecule has 0 spiro atoms. The average Bonchev–Trinajstić information content (AvgIpc) is 3.73. The summed E-state index contributed by atoms with van der Waals surface area (Å²) in [4.78, 5) is 22.6. The first-order chi connectivity index (χ1) is 19.5. The number of nitrogens with zero attached hydrogens (tertiary/aromatic N) is 5. The van der Waals surface area contributed by atoms with Crippen molar-refractivity contribution in [2.45, 2.75) is 70.0 Å². The Morgan fingerprint density at radius 2 is 1.85 bits per heavy atom. The van der Waals surface area contributed by atoms with Crippen molar-refractivity contribution in [3.8, 4) is 17.3 Å². The second kappa shape index (κ2) is 9.11. The minimum absolute atomic E-state index is 0.0626. The normalized spacial score (nSPS) is 23.9. The van der Waals surface area contributed by atoms with Crippen LogP contribution >= 0.6 is 0 Å². The molecule has 0 saturated carbocycles. The third kappa shape index (κ3) is 3.74. The van der Waals surface area contributed by atoms with E-state index in [1.54, 1.807) is 6.20 Å². The molecule has 9 heteroatoms. The molecule has 0 amide bonds. The highest BCUT2D eigenvalue weighted by Crippen LogP contribution is 2.41. The number of hydrogen-bond donors (Lipinski definition) is 2. The van der Waals surface area contributed by atoms with Crippen molar-refractivity contribution in [2.24, 2.45) is 0 Å². The van der Waals surface area contributed by atoms with Crippen LogP contribution in [-0.4, -0.2) is 75.2 Å². The lowest BCUT2D eigenvalue weighted by Crippen LogP contribution is -2.51. The van der Waals surface area contributed by atoms with E-state index in [2.05, 4.69) is 33.1 Å². The first kappa shape index (κ1) is 24.5. The molecule has 208 valence electrons. The lowest BCUT2D eigenvalue weighted by atomic mass is 9.95. The van der Waals surface area contributed by atoms with Gasteiger partial charge in [-0.25, -0.2) is 4.39 Å². The smallest absolute Gasteiger partial charge is 0.319 e. The van der Waals surface area contributed by atoms with E-state index in [0.29, 0.717) is 29.8 Å². The summed E-state index contributed by atoms with van der Waals surface area (Å²) in [5, 5.41) is 5.30. The predicted octanol–water partition coefficient (Wildman–Crippen LogP) is 4.88. The third-order valence-corrected chi connectivity index (χ3v) is 10.1. The van der Waals surface area contributed by atoms with Gasteiger partial charge in [0, 0.05) is 54.0 Å². The number of nitrogens with one attached hydrogen (secondary N) is 2. The molecule has 0 unspecified atom stereocenters. The van der Waals surface area contributed by atoms with Gasteiger partial charge in [-0.1, -0.05) is 0 Å². The molecule has 8 nitrogen and oxygen atoms in total.